The fourth-order valence-corrected chi connectivity index (χ4v) is 2.08. The van der Waals surface area contributed by atoms with E-state index < -0.39 is 10.0 Å². The molecule has 1 rings (SSSR count). The van der Waals surface area contributed by atoms with Crippen molar-refractivity contribution in [3.63, 3.8) is 0 Å². The number of nitrogens with two attached hydrogens (primary N) is 3. The monoisotopic (exact) mass is 286 g/mol. The molecule has 8 heteroatoms. The summed E-state index contributed by atoms with van der Waals surface area (Å²) in [5, 5.41) is 8.05. The van der Waals surface area contributed by atoms with Crippen LogP contribution in [0.4, 0.5) is 11.4 Å². The Kier molecular flexibility index (Phi) is 5.13. The third-order valence-electron chi connectivity index (χ3n) is 2.52. The second kappa shape index (κ2) is 6.39. The molecule has 0 unspecified atom stereocenters. The van der Waals surface area contributed by atoms with Gasteiger partial charge in [0.05, 0.1) is 16.3 Å². The van der Waals surface area contributed by atoms with Gasteiger partial charge in [-0.15, -0.1) is 0 Å². The van der Waals surface area contributed by atoms with Crippen LogP contribution in [0.3, 0.4) is 0 Å². The summed E-state index contributed by atoms with van der Waals surface area (Å²) in [5.41, 5.74) is 11.7. The molecule has 106 valence electrons. The van der Waals surface area contributed by atoms with Crippen LogP contribution in [0, 0.1) is 0 Å². The smallest absolute Gasteiger partial charge is 0.238 e. The maximum absolute atomic E-state index is 11.1. The quantitative estimate of drug-likeness (QED) is 0.412. The van der Waals surface area contributed by atoms with Crippen molar-refractivity contribution in [1.29, 1.82) is 0 Å². The third-order valence-corrected chi connectivity index (χ3v) is 3.43. The predicted octanol–water partition coefficient (Wildman–Crippen LogP) is -0.0163. The first kappa shape index (κ1) is 15.3. The van der Waals surface area contributed by atoms with Crippen LogP contribution in [-0.4, -0.2) is 20.9 Å². The molecular formula is C11H18N4O3S. The average Bonchev–Trinajstić information content (AvgIpc) is 2.28. The fraction of sp³-hybridized carbons (Fsp3) is 0.364. The zero-order valence-electron chi connectivity index (χ0n) is 10.4. The van der Waals surface area contributed by atoms with Crippen LogP contribution in [-0.2, 0) is 14.8 Å². The standard InChI is InChI=1S/C11H18N4O3S/c12-9-7-8(19(14,17)18)4-5-10(9)15-6-2-1-3-11(13)16/h4-5,7,15H,1-3,6,12H2,(H2,13,16)(H2,14,17,18). The van der Waals surface area contributed by atoms with Crippen LogP contribution in [0.5, 0.6) is 0 Å². The van der Waals surface area contributed by atoms with Gasteiger partial charge in [0, 0.05) is 13.0 Å². The maximum Gasteiger partial charge on any atom is 0.238 e. The zero-order valence-corrected chi connectivity index (χ0v) is 11.2. The van der Waals surface area contributed by atoms with Gasteiger partial charge in [0.15, 0.2) is 0 Å². The lowest BCUT2D eigenvalue weighted by Gasteiger charge is -2.10. The first-order valence-corrected chi connectivity index (χ1v) is 7.30. The Hall–Kier alpha value is -1.80. The SMILES string of the molecule is NC(=O)CCCCNc1ccc(S(N)(=O)=O)cc1N. The lowest BCUT2D eigenvalue weighted by atomic mass is 10.2. The second-order valence-corrected chi connectivity index (χ2v) is 5.71. The Labute approximate surface area is 112 Å². The van der Waals surface area contributed by atoms with Gasteiger partial charge >= 0.3 is 0 Å². The number of anilines is 2. The summed E-state index contributed by atoms with van der Waals surface area (Å²) in [4.78, 5) is 10.5. The molecule has 0 spiro atoms. The lowest BCUT2D eigenvalue weighted by molar-refractivity contribution is -0.118. The van der Waals surface area contributed by atoms with Crippen LogP contribution >= 0.6 is 0 Å². The van der Waals surface area contributed by atoms with Gasteiger partial charge in [-0.1, -0.05) is 0 Å². The molecule has 19 heavy (non-hydrogen) atoms. The first-order valence-electron chi connectivity index (χ1n) is 5.75. The highest BCUT2D eigenvalue weighted by molar-refractivity contribution is 7.89. The summed E-state index contributed by atoms with van der Waals surface area (Å²) in [5.74, 6) is -0.322. The molecule has 7 nitrogen and oxygen atoms in total. The van der Waals surface area contributed by atoms with E-state index in [4.69, 9.17) is 16.6 Å². The molecule has 0 aliphatic carbocycles. The topological polar surface area (TPSA) is 141 Å². The number of primary sulfonamides is 1. The molecule has 0 aliphatic heterocycles. The van der Waals surface area contributed by atoms with Crippen LogP contribution in [0.25, 0.3) is 0 Å². The molecular weight excluding hydrogens is 268 g/mol. The van der Waals surface area contributed by atoms with E-state index in [1.54, 1.807) is 6.07 Å². The second-order valence-electron chi connectivity index (χ2n) is 4.14. The molecule has 0 radical (unpaired) electrons. The van der Waals surface area contributed by atoms with Crippen LogP contribution in [0.15, 0.2) is 23.1 Å². The van der Waals surface area contributed by atoms with Gasteiger partial charge in [0.1, 0.15) is 0 Å². The van der Waals surface area contributed by atoms with Crippen molar-refractivity contribution in [1.82, 2.24) is 0 Å². The highest BCUT2D eigenvalue weighted by Crippen LogP contribution is 2.21. The molecule has 1 aromatic rings. The van der Waals surface area contributed by atoms with Crippen molar-refractivity contribution >= 4 is 27.3 Å². The molecule has 0 saturated carbocycles. The summed E-state index contributed by atoms with van der Waals surface area (Å²) in [6, 6.07) is 4.25. The highest BCUT2D eigenvalue weighted by Gasteiger charge is 2.09. The molecule has 0 aromatic heterocycles. The summed E-state index contributed by atoms with van der Waals surface area (Å²) in [6.45, 7) is 0.617. The van der Waals surface area contributed by atoms with Gasteiger partial charge in [-0.05, 0) is 31.0 Å². The molecule has 0 atom stereocenters. The summed E-state index contributed by atoms with van der Waals surface area (Å²) >= 11 is 0. The number of primary amides is 1. The van der Waals surface area contributed by atoms with Crippen LogP contribution in [0.1, 0.15) is 19.3 Å². The van der Waals surface area contributed by atoms with E-state index in [9.17, 15) is 13.2 Å². The summed E-state index contributed by atoms with van der Waals surface area (Å²) in [7, 11) is -3.74. The van der Waals surface area contributed by atoms with Gasteiger partial charge < -0.3 is 16.8 Å². The number of amides is 1. The van der Waals surface area contributed by atoms with E-state index in [0.717, 1.165) is 6.42 Å². The molecule has 1 aromatic carbocycles. The highest BCUT2D eigenvalue weighted by atomic mass is 32.2. The van der Waals surface area contributed by atoms with E-state index >= 15 is 0 Å². The van der Waals surface area contributed by atoms with Gasteiger partial charge in [0.2, 0.25) is 15.9 Å². The first-order chi connectivity index (χ1) is 8.80. The number of sulfonamides is 1. The van der Waals surface area contributed by atoms with E-state index in [0.29, 0.717) is 30.8 Å². The van der Waals surface area contributed by atoms with Crippen molar-refractivity contribution in [2.24, 2.45) is 10.9 Å². The van der Waals surface area contributed by atoms with Crippen molar-refractivity contribution in [2.75, 3.05) is 17.6 Å². The number of hydrogen-bond donors (Lipinski definition) is 4. The number of rotatable bonds is 7. The number of hydrogen-bond acceptors (Lipinski definition) is 5. The number of nitrogen functional groups attached to an aromatic ring is 1. The van der Waals surface area contributed by atoms with Crippen molar-refractivity contribution < 1.29 is 13.2 Å². The average molecular weight is 286 g/mol. The van der Waals surface area contributed by atoms with Crippen molar-refractivity contribution in [2.45, 2.75) is 24.2 Å². The van der Waals surface area contributed by atoms with Crippen LogP contribution < -0.4 is 21.9 Å². The number of carbonyl (C=O) groups is 1. The Morgan fingerprint density at radius 2 is 1.95 bits per heavy atom. The van der Waals surface area contributed by atoms with Gasteiger partial charge in [-0.2, -0.15) is 0 Å². The zero-order chi connectivity index (χ0) is 14.5. The largest absolute Gasteiger partial charge is 0.397 e. The minimum Gasteiger partial charge on any atom is -0.397 e. The van der Waals surface area contributed by atoms with E-state index in [-0.39, 0.29) is 10.8 Å². The molecule has 0 bridgehead atoms. The Morgan fingerprint density at radius 3 is 2.47 bits per heavy atom. The molecule has 7 N–H and O–H groups in total. The summed E-state index contributed by atoms with van der Waals surface area (Å²) < 4.78 is 22.2. The Morgan fingerprint density at radius 1 is 1.26 bits per heavy atom. The van der Waals surface area contributed by atoms with Crippen molar-refractivity contribution in [3.05, 3.63) is 18.2 Å². The van der Waals surface area contributed by atoms with E-state index in [1.165, 1.54) is 12.1 Å². The van der Waals surface area contributed by atoms with Gasteiger partial charge in [0.25, 0.3) is 0 Å². The van der Waals surface area contributed by atoms with Gasteiger partial charge in [-0.3, -0.25) is 4.79 Å². The minimum absolute atomic E-state index is 0.0238. The molecule has 0 fully saturated rings. The molecule has 0 saturated heterocycles. The predicted molar refractivity (Wildman–Crippen MR) is 73.8 cm³/mol. The van der Waals surface area contributed by atoms with E-state index in [1.807, 2.05) is 0 Å². The number of benzene rings is 1. The molecule has 0 heterocycles. The normalized spacial score (nSPS) is 11.2. The van der Waals surface area contributed by atoms with Crippen LogP contribution in [0.2, 0.25) is 0 Å². The maximum atomic E-state index is 11.1. The van der Waals surface area contributed by atoms with Gasteiger partial charge in [-0.25, -0.2) is 13.6 Å². The number of carbonyl (C=O) groups excluding carboxylic acids is 1. The van der Waals surface area contributed by atoms with Crippen molar-refractivity contribution in [3.8, 4) is 0 Å². The minimum atomic E-state index is -3.74. The van der Waals surface area contributed by atoms with E-state index in [2.05, 4.69) is 5.32 Å². The Bertz CT molecular complexity index is 557. The number of unbranched alkanes of at least 4 members (excludes halogenated alkanes) is 1. The summed E-state index contributed by atoms with van der Waals surface area (Å²) in [6.07, 6.45) is 1.80. The molecule has 0 aliphatic rings. The third kappa shape index (κ3) is 5.14. The number of nitrogens with one attached hydrogen (secondary N) is 1. The Balaban J connectivity index is 2.54. The fourth-order valence-electron chi connectivity index (χ4n) is 1.53. The lowest BCUT2D eigenvalue weighted by Crippen LogP contribution is -2.13. The molecule has 1 amide bonds.